The highest BCUT2D eigenvalue weighted by molar-refractivity contribution is 6.00. The van der Waals surface area contributed by atoms with Gasteiger partial charge in [-0.15, -0.1) is 0 Å². The second kappa shape index (κ2) is 7.87. The Kier molecular flexibility index (Phi) is 5.86. The number of ketones is 1. The topological polar surface area (TPSA) is 66.4 Å². The summed E-state index contributed by atoms with van der Waals surface area (Å²) in [5.41, 5.74) is 0. The molecule has 0 saturated carbocycles. The molecule has 0 spiro atoms. The average molecular weight is 304 g/mol. The molecule has 0 radical (unpaired) electrons. The molecule has 1 aromatic heterocycles. The van der Waals surface area contributed by atoms with Gasteiger partial charge in [-0.25, -0.2) is 9.97 Å². The van der Waals surface area contributed by atoms with E-state index >= 15 is 0 Å². The van der Waals surface area contributed by atoms with Crippen LogP contribution >= 0.6 is 0 Å². The molecule has 1 saturated heterocycles. The summed E-state index contributed by atoms with van der Waals surface area (Å²) in [6.07, 6.45) is 6.00. The maximum Gasteiger partial charge on any atom is 0.233 e. The van der Waals surface area contributed by atoms with Gasteiger partial charge in [0.05, 0.1) is 5.92 Å². The van der Waals surface area contributed by atoms with Crippen LogP contribution in [0.5, 0.6) is 0 Å². The van der Waals surface area contributed by atoms with Crippen molar-refractivity contribution < 1.29 is 9.59 Å². The summed E-state index contributed by atoms with van der Waals surface area (Å²) < 4.78 is 0. The molecule has 0 N–H and O–H groups in total. The lowest BCUT2D eigenvalue weighted by atomic mass is 9.96. The fourth-order valence-corrected chi connectivity index (χ4v) is 2.71. The zero-order chi connectivity index (χ0) is 15.9. The van der Waals surface area contributed by atoms with Crippen molar-refractivity contribution in [3.8, 4) is 0 Å². The SMILES string of the molecule is CCCC[C@H](C(C)=O)C(=O)N1CCN(c2ncccn2)CC1. The van der Waals surface area contributed by atoms with Crippen LogP contribution in [0.1, 0.15) is 33.1 Å². The number of aromatic nitrogens is 2. The molecule has 6 heteroatoms. The third kappa shape index (κ3) is 4.02. The van der Waals surface area contributed by atoms with Gasteiger partial charge in [-0.05, 0) is 19.4 Å². The fourth-order valence-electron chi connectivity index (χ4n) is 2.71. The number of hydrogen-bond acceptors (Lipinski definition) is 5. The van der Waals surface area contributed by atoms with Crippen LogP contribution < -0.4 is 4.90 Å². The Morgan fingerprint density at radius 3 is 2.36 bits per heavy atom. The lowest BCUT2D eigenvalue weighted by Gasteiger charge is -2.36. The minimum atomic E-state index is -0.473. The van der Waals surface area contributed by atoms with E-state index in [9.17, 15) is 9.59 Å². The van der Waals surface area contributed by atoms with E-state index in [1.54, 1.807) is 23.4 Å². The molecule has 0 aliphatic carbocycles. The lowest BCUT2D eigenvalue weighted by molar-refractivity contribution is -0.141. The predicted molar refractivity (Wildman–Crippen MR) is 84.5 cm³/mol. The van der Waals surface area contributed by atoms with Crippen molar-refractivity contribution in [2.45, 2.75) is 33.1 Å². The summed E-state index contributed by atoms with van der Waals surface area (Å²) in [4.78, 5) is 36.6. The third-order valence-corrected chi connectivity index (χ3v) is 4.06. The van der Waals surface area contributed by atoms with E-state index in [0.29, 0.717) is 38.5 Å². The summed E-state index contributed by atoms with van der Waals surface area (Å²) in [6, 6.07) is 1.79. The number of carbonyl (C=O) groups is 2. The standard InChI is InChI=1S/C16H24N4O2/c1-3-4-6-14(13(2)21)15(22)19-9-11-20(12-10-19)16-17-7-5-8-18-16/h5,7-8,14H,3-4,6,9-12H2,1-2H3/t14-/m1/s1. The van der Waals surface area contributed by atoms with Crippen LogP contribution in [0.15, 0.2) is 18.5 Å². The van der Waals surface area contributed by atoms with Crippen molar-refractivity contribution in [3.05, 3.63) is 18.5 Å². The van der Waals surface area contributed by atoms with Gasteiger partial charge in [-0.3, -0.25) is 9.59 Å². The van der Waals surface area contributed by atoms with Crippen LogP contribution in [0.4, 0.5) is 5.95 Å². The normalized spacial score (nSPS) is 16.5. The molecule has 1 fully saturated rings. The maximum absolute atomic E-state index is 12.5. The van der Waals surface area contributed by atoms with E-state index in [2.05, 4.69) is 21.8 Å². The highest BCUT2D eigenvalue weighted by Crippen LogP contribution is 2.16. The smallest absolute Gasteiger partial charge is 0.233 e. The van der Waals surface area contributed by atoms with Crippen molar-refractivity contribution in [3.63, 3.8) is 0 Å². The first-order chi connectivity index (χ1) is 10.6. The Labute approximate surface area is 131 Å². The van der Waals surface area contributed by atoms with E-state index in [-0.39, 0.29) is 11.7 Å². The number of piperazine rings is 1. The second-order valence-corrected chi connectivity index (χ2v) is 5.67. The van der Waals surface area contributed by atoms with Gasteiger partial charge in [0.1, 0.15) is 5.78 Å². The number of rotatable bonds is 6. The summed E-state index contributed by atoms with van der Waals surface area (Å²) >= 11 is 0. The molecule has 1 aromatic rings. The van der Waals surface area contributed by atoms with Crippen molar-refractivity contribution >= 4 is 17.6 Å². The van der Waals surface area contributed by atoms with Crippen LogP contribution in [0.3, 0.4) is 0 Å². The first kappa shape index (κ1) is 16.4. The van der Waals surface area contributed by atoms with Crippen molar-refractivity contribution in [2.24, 2.45) is 5.92 Å². The van der Waals surface area contributed by atoms with E-state index in [4.69, 9.17) is 0 Å². The molecule has 6 nitrogen and oxygen atoms in total. The Morgan fingerprint density at radius 1 is 1.18 bits per heavy atom. The molecule has 0 bridgehead atoms. The first-order valence-electron chi connectivity index (χ1n) is 7.94. The van der Waals surface area contributed by atoms with Gasteiger partial charge in [0, 0.05) is 38.6 Å². The monoisotopic (exact) mass is 304 g/mol. The Hall–Kier alpha value is -1.98. The number of anilines is 1. The summed E-state index contributed by atoms with van der Waals surface area (Å²) in [7, 11) is 0. The molecule has 22 heavy (non-hydrogen) atoms. The Balaban J connectivity index is 1.92. The van der Waals surface area contributed by atoms with Crippen LogP contribution in [0.25, 0.3) is 0 Å². The van der Waals surface area contributed by atoms with Gasteiger partial charge < -0.3 is 9.80 Å². The van der Waals surface area contributed by atoms with E-state index < -0.39 is 5.92 Å². The molecule has 120 valence electrons. The molecule has 0 unspecified atom stereocenters. The average Bonchev–Trinajstić information content (AvgIpc) is 2.55. The molecule has 1 atom stereocenters. The van der Waals surface area contributed by atoms with Crippen molar-refractivity contribution in [2.75, 3.05) is 31.1 Å². The number of amides is 1. The van der Waals surface area contributed by atoms with E-state index in [1.807, 2.05) is 0 Å². The van der Waals surface area contributed by atoms with Gasteiger partial charge in [-0.2, -0.15) is 0 Å². The summed E-state index contributed by atoms with van der Waals surface area (Å²) in [5, 5.41) is 0. The van der Waals surface area contributed by atoms with Crippen LogP contribution in [0.2, 0.25) is 0 Å². The maximum atomic E-state index is 12.5. The molecule has 2 heterocycles. The number of unbranched alkanes of at least 4 members (excludes halogenated alkanes) is 1. The molecule has 0 aromatic carbocycles. The molecule has 2 rings (SSSR count). The van der Waals surface area contributed by atoms with Gasteiger partial charge in [0.15, 0.2) is 0 Å². The third-order valence-electron chi connectivity index (χ3n) is 4.06. The van der Waals surface area contributed by atoms with Gasteiger partial charge in [-0.1, -0.05) is 19.8 Å². The Morgan fingerprint density at radius 2 is 1.82 bits per heavy atom. The number of nitrogens with zero attached hydrogens (tertiary/aromatic N) is 4. The number of hydrogen-bond donors (Lipinski definition) is 0. The molecular formula is C16H24N4O2. The largest absolute Gasteiger partial charge is 0.339 e. The van der Waals surface area contributed by atoms with Crippen molar-refractivity contribution in [1.82, 2.24) is 14.9 Å². The van der Waals surface area contributed by atoms with E-state index in [0.717, 1.165) is 12.8 Å². The van der Waals surface area contributed by atoms with Crippen molar-refractivity contribution in [1.29, 1.82) is 0 Å². The first-order valence-corrected chi connectivity index (χ1v) is 7.94. The molecule has 1 aliphatic rings. The minimum absolute atomic E-state index is 0.0189. The highest BCUT2D eigenvalue weighted by Gasteiger charge is 2.30. The molecule has 1 amide bonds. The van der Waals surface area contributed by atoms with E-state index in [1.165, 1.54) is 6.92 Å². The summed E-state index contributed by atoms with van der Waals surface area (Å²) in [5.74, 6) is 0.185. The van der Waals surface area contributed by atoms with Crippen LogP contribution in [0, 0.1) is 5.92 Å². The number of Topliss-reactive ketones (excluding diaryl/α,β-unsaturated/α-hetero) is 1. The predicted octanol–water partition coefficient (Wildman–Crippen LogP) is 1.52. The second-order valence-electron chi connectivity index (χ2n) is 5.67. The van der Waals surface area contributed by atoms with Gasteiger partial charge >= 0.3 is 0 Å². The minimum Gasteiger partial charge on any atom is -0.339 e. The molecule has 1 aliphatic heterocycles. The highest BCUT2D eigenvalue weighted by atomic mass is 16.2. The lowest BCUT2D eigenvalue weighted by Crippen LogP contribution is -2.51. The van der Waals surface area contributed by atoms with Gasteiger partial charge in [0.2, 0.25) is 11.9 Å². The van der Waals surface area contributed by atoms with Gasteiger partial charge in [0.25, 0.3) is 0 Å². The quantitative estimate of drug-likeness (QED) is 0.746. The number of carbonyl (C=O) groups excluding carboxylic acids is 2. The molecular weight excluding hydrogens is 280 g/mol. The van der Waals surface area contributed by atoms with Crippen LogP contribution in [-0.4, -0.2) is 52.7 Å². The zero-order valence-electron chi connectivity index (χ0n) is 13.4. The Bertz CT molecular complexity index is 498. The zero-order valence-corrected chi connectivity index (χ0v) is 13.4. The fraction of sp³-hybridized carbons (Fsp3) is 0.625. The van der Waals surface area contributed by atoms with Crippen LogP contribution in [-0.2, 0) is 9.59 Å². The summed E-state index contributed by atoms with van der Waals surface area (Å²) in [6.45, 7) is 6.23.